The largest absolute Gasteiger partial charge is 0.469 e. The molecule has 1 N–H and O–H groups in total. The lowest BCUT2D eigenvalue weighted by molar-refractivity contribution is 0.0665. The standard InChI is InChI=1S/C12H15F2N3O/c1-9(7-10-3-2-6-18-10)16-8-11-15-4-5-17(11)12(13)14/h2-6,9,12,16H,7-8H2,1H3. The molecule has 0 bridgehead atoms. The number of halogens is 2. The number of hydrogen-bond acceptors (Lipinski definition) is 3. The highest BCUT2D eigenvalue weighted by Gasteiger charge is 2.12. The van der Waals surface area contributed by atoms with Crippen LogP contribution in [0, 0.1) is 0 Å². The molecule has 0 saturated heterocycles. The van der Waals surface area contributed by atoms with Gasteiger partial charge in [-0.1, -0.05) is 0 Å². The Labute approximate surface area is 104 Å². The van der Waals surface area contributed by atoms with Crippen molar-refractivity contribution in [1.82, 2.24) is 14.9 Å². The Morgan fingerprint density at radius 2 is 2.33 bits per heavy atom. The summed E-state index contributed by atoms with van der Waals surface area (Å²) in [6.45, 7) is -0.276. The number of nitrogens with one attached hydrogen (secondary N) is 1. The minimum absolute atomic E-state index is 0.124. The third kappa shape index (κ3) is 3.16. The van der Waals surface area contributed by atoms with Crippen molar-refractivity contribution in [2.45, 2.75) is 32.5 Å². The van der Waals surface area contributed by atoms with Crippen LogP contribution in [0.2, 0.25) is 0 Å². The minimum atomic E-state index is -2.55. The summed E-state index contributed by atoms with van der Waals surface area (Å²) in [5, 5.41) is 3.14. The predicted molar refractivity (Wildman–Crippen MR) is 62.2 cm³/mol. The van der Waals surface area contributed by atoms with E-state index in [4.69, 9.17) is 4.42 Å². The van der Waals surface area contributed by atoms with Crippen molar-refractivity contribution < 1.29 is 13.2 Å². The molecule has 0 saturated carbocycles. The maximum Gasteiger partial charge on any atom is 0.319 e. The van der Waals surface area contributed by atoms with Gasteiger partial charge in [0.25, 0.3) is 0 Å². The molecule has 0 spiro atoms. The van der Waals surface area contributed by atoms with Gasteiger partial charge < -0.3 is 9.73 Å². The van der Waals surface area contributed by atoms with E-state index in [-0.39, 0.29) is 6.04 Å². The van der Waals surface area contributed by atoms with E-state index in [2.05, 4.69) is 10.3 Å². The molecule has 1 atom stereocenters. The summed E-state index contributed by atoms with van der Waals surface area (Å²) in [5.41, 5.74) is 0. The summed E-state index contributed by atoms with van der Waals surface area (Å²) in [4.78, 5) is 3.90. The maximum atomic E-state index is 12.6. The number of rotatable bonds is 6. The Kier molecular flexibility index (Phi) is 4.09. The van der Waals surface area contributed by atoms with Crippen molar-refractivity contribution >= 4 is 0 Å². The van der Waals surface area contributed by atoms with Gasteiger partial charge in [-0.2, -0.15) is 8.78 Å². The van der Waals surface area contributed by atoms with E-state index in [1.165, 1.54) is 12.4 Å². The smallest absolute Gasteiger partial charge is 0.319 e. The molecule has 2 aromatic rings. The van der Waals surface area contributed by atoms with Crippen molar-refractivity contribution in [3.63, 3.8) is 0 Å². The first-order valence-corrected chi connectivity index (χ1v) is 5.72. The summed E-state index contributed by atoms with van der Waals surface area (Å²) < 4.78 is 31.2. The number of hydrogen-bond donors (Lipinski definition) is 1. The van der Waals surface area contributed by atoms with Gasteiger partial charge in [0, 0.05) is 24.9 Å². The lowest BCUT2D eigenvalue weighted by Crippen LogP contribution is -2.28. The molecule has 6 heteroatoms. The van der Waals surface area contributed by atoms with E-state index in [0.29, 0.717) is 18.8 Å². The first kappa shape index (κ1) is 12.8. The van der Waals surface area contributed by atoms with Crippen LogP contribution in [0.3, 0.4) is 0 Å². The lowest BCUT2D eigenvalue weighted by atomic mass is 10.2. The highest BCUT2D eigenvalue weighted by atomic mass is 19.3. The lowest BCUT2D eigenvalue weighted by Gasteiger charge is -2.13. The second-order valence-corrected chi connectivity index (χ2v) is 4.09. The molecular formula is C12H15F2N3O. The molecule has 0 aliphatic rings. The van der Waals surface area contributed by atoms with E-state index >= 15 is 0 Å². The molecule has 0 aliphatic carbocycles. The van der Waals surface area contributed by atoms with Crippen molar-refractivity contribution in [2.24, 2.45) is 0 Å². The van der Waals surface area contributed by atoms with E-state index in [1.54, 1.807) is 6.26 Å². The second kappa shape index (κ2) is 5.77. The van der Waals surface area contributed by atoms with Gasteiger partial charge in [-0.25, -0.2) is 4.98 Å². The van der Waals surface area contributed by atoms with Crippen LogP contribution >= 0.6 is 0 Å². The summed E-state index contributed by atoms with van der Waals surface area (Å²) in [7, 11) is 0. The van der Waals surface area contributed by atoms with Crippen molar-refractivity contribution in [2.75, 3.05) is 0 Å². The summed E-state index contributed by atoms with van der Waals surface area (Å²) in [6, 6.07) is 3.84. The average molecular weight is 255 g/mol. The number of aromatic nitrogens is 2. The monoisotopic (exact) mass is 255 g/mol. The average Bonchev–Trinajstić information content (AvgIpc) is 2.96. The minimum Gasteiger partial charge on any atom is -0.469 e. The number of nitrogens with zero attached hydrogens (tertiary/aromatic N) is 2. The first-order chi connectivity index (χ1) is 8.66. The SMILES string of the molecule is CC(Cc1ccco1)NCc1nccn1C(F)F. The van der Waals surface area contributed by atoms with Crippen LogP contribution in [-0.4, -0.2) is 15.6 Å². The van der Waals surface area contributed by atoms with Crippen LogP contribution in [0.5, 0.6) is 0 Å². The Bertz CT molecular complexity index is 467. The van der Waals surface area contributed by atoms with Crippen molar-refractivity contribution in [3.8, 4) is 0 Å². The third-order valence-corrected chi connectivity index (χ3v) is 2.66. The van der Waals surface area contributed by atoms with Gasteiger partial charge in [0.1, 0.15) is 11.6 Å². The quantitative estimate of drug-likeness (QED) is 0.862. The number of furan rings is 1. The molecule has 2 rings (SSSR count). The van der Waals surface area contributed by atoms with E-state index in [1.807, 2.05) is 19.1 Å². The summed E-state index contributed by atoms with van der Waals surface area (Å²) in [6.07, 6.45) is 4.98. The molecule has 4 nitrogen and oxygen atoms in total. The van der Waals surface area contributed by atoms with E-state index in [0.717, 1.165) is 10.3 Å². The molecule has 2 heterocycles. The van der Waals surface area contributed by atoms with Gasteiger partial charge in [0.15, 0.2) is 0 Å². The highest BCUT2D eigenvalue weighted by Crippen LogP contribution is 2.12. The maximum absolute atomic E-state index is 12.6. The second-order valence-electron chi connectivity index (χ2n) is 4.09. The molecule has 0 fully saturated rings. The molecule has 18 heavy (non-hydrogen) atoms. The highest BCUT2D eigenvalue weighted by molar-refractivity contribution is 5.00. The summed E-state index contributed by atoms with van der Waals surface area (Å²) >= 11 is 0. The van der Waals surface area contributed by atoms with Crippen LogP contribution in [0.25, 0.3) is 0 Å². The Morgan fingerprint density at radius 3 is 3.00 bits per heavy atom. The Balaban J connectivity index is 1.85. The normalized spacial score (nSPS) is 13.1. The zero-order valence-corrected chi connectivity index (χ0v) is 10.0. The van der Waals surface area contributed by atoms with Gasteiger partial charge in [-0.05, 0) is 19.1 Å². The fourth-order valence-electron chi connectivity index (χ4n) is 1.73. The third-order valence-electron chi connectivity index (χ3n) is 2.66. The molecule has 98 valence electrons. The topological polar surface area (TPSA) is 43.0 Å². The van der Waals surface area contributed by atoms with Crippen molar-refractivity contribution in [3.05, 3.63) is 42.4 Å². The molecule has 2 aromatic heterocycles. The van der Waals surface area contributed by atoms with Gasteiger partial charge >= 0.3 is 6.55 Å². The van der Waals surface area contributed by atoms with Gasteiger partial charge in [-0.15, -0.1) is 0 Å². The molecular weight excluding hydrogens is 240 g/mol. The van der Waals surface area contributed by atoms with E-state index in [9.17, 15) is 8.78 Å². The molecule has 0 aromatic carbocycles. The fraction of sp³-hybridized carbons (Fsp3) is 0.417. The number of alkyl halides is 2. The van der Waals surface area contributed by atoms with Gasteiger partial charge in [-0.3, -0.25) is 4.57 Å². The first-order valence-electron chi connectivity index (χ1n) is 5.72. The fourth-order valence-corrected chi connectivity index (χ4v) is 1.73. The van der Waals surface area contributed by atoms with Crippen molar-refractivity contribution in [1.29, 1.82) is 0 Å². The zero-order valence-electron chi connectivity index (χ0n) is 10.0. The Hall–Kier alpha value is -1.69. The molecule has 1 unspecified atom stereocenters. The van der Waals surface area contributed by atoms with Gasteiger partial charge in [0.05, 0.1) is 12.8 Å². The van der Waals surface area contributed by atoms with E-state index < -0.39 is 6.55 Å². The predicted octanol–water partition coefficient (Wildman–Crippen LogP) is 2.59. The molecule has 0 radical (unpaired) electrons. The van der Waals surface area contributed by atoms with Crippen LogP contribution < -0.4 is 5.32 Å². The van der Waals surface area contributed by atoms with Crippen LogP contribution in [0.1, 0.15) is 25.1 Å². The number of imidazole rings is 1. The zero-order chi connectivity index (χ0) is 13.0. The van der Waals surface area contributed by atoms with Crippen LogP contribution in [-0.2, 0) is 13.0 Å². The van der Waals surface area contributed by atoms with Crippen LogP contribution in [0.15, 0.2) is 35.2 Å². The molecule has 0 amide bonds. The summed E-state index contributed by atoms with van der Waals surface area (Å²) in [5.74, 6) is 1.20. The Morgan fingerprint density at radius 1 is 1.50 bits per heavy atom. The van der Waals surface area contributed by atoms with Crippen LogP contribution in [0.4, 0.5) is 8.78 Å². The molecule has 0 aliphatic heterocycles. The van der Waals surface area contributed by atoms with Gasteiger partial charge in [0.2, 0.25) is 0 Å².